The molecule has 1 atom stereocenters. The number of primary amides is 1. The number of piperidine rings is 1. The fourth-order valence-electron chi connectivity index (χ4n) is 3.76. The van der Waals surface area contributed by atoms with Gasteiger partial charge in [0.1, 0.15) is 6.04 Å². The van der Waals surface area contributed by atoms with Crippen molar-refractivity contribution >= 4 is 40.7 Å². The molecule has 170 valence electrons. The number of hydrogen-bond acceptors (Lipinski definition) is 4. The first-order valence-electron chi connectivity index (χ1n) is 10.8. The van der Waals surface area contributed by atoms with Gasteiger partial charge in [-0.05, 0) is 67.3 Å². The third-order valence-electron chi connectivity index (χ3n) is 5.74. The molecular weight excluding hydrogens is 428 g/mol. The van der Waals surface area contributed by atoms with Gasteiger partial charge in [-0.1, -0.05) is 25.4 Å². The topological polar surface area (TPSA) is 105 Å². The van der Waals surface area contributed by atoms with E-state index in [0.29, 0.717) is 16.3 Å². The zero-order valence-electron chi connectivity index (χ0n) is 18.3. The maximum Gasteiger partial charge on any atom is 0.251 e. The summed E-state index contributed by atoms with van der Waals surface area (Å²) < 4.78 is 0. The van der Waals surface area contributed by atoms with E-state index in [1.807, 2.05) is 38.1 Å². The van der Waals surface area contributed by atoms with E-state index in [-0.39, 0.29) is 29.6 Å². The maximum atomic E-state index is 12.9. The van der Waals surface area contributed by atoms with Gasteiger partial charge in [0.15, 0.2) is 0 Å². The van der Waals surface area contributed by atoms with Crippen LogP contribution in [-0.2, 0) is 9.59 Å². The molecule has 2 aromatic rings. The van der Waals surface area contributed by atoms with E-state index in [1.165, 1.54) is 0 Å². The predicted octanol–water partition coefficient (Wildman–Crippen LogP) is 3.43. The molecule has 0 aromatic heterocycles. The van der Waals surface area contributed by atoms with Crippen LogP contribution in [0.3, 0.4) is 0 Å². The van der Waals surface area contributed by atoms with Crippen LogP contribution >= 0.6 is 11.6 Å². The quantitative estimate of drug-likeness (QED) is 0.593. The number of amides is 3. The summed E-state index contributed by atoms with van der Waals surface area (Å²) in [5.74, 6) is -0.994. The van der Waals surface area contributed by atoms with Crippen molar-refractivity contribution in [2.24, 2.45) is 17.6 Å². The van der Waals surface area contributed by atoms with Gasteiger partial charge in [-0.15, -0.1) is 0 Å². The lowest BCUT2D eigenvalue weighted by Crippen LogP contribution is -2.47. The summed E-state index contributed by atoms with van der Waals surface area (Å²) in [6.07, 6.45) is 1.49. The van der Waals surface area contributed by atoms with E-state index in [1.54, 1.807) is 24.3 Å². The van der Waals surface area contributed by atoms with Crippen LogP contribution in [0, 0.1) is 11.8 Å². The van der Waals surface area contributed by atoms with Crippen molar-refractivity contribution in [1.29, 1.82) is 0 Å². The summed E-state index contributed by atoms with van der Waals surface area (Å²) in [6.45, 7) is 5.30. The largest absolute Gasteiger partial charge is 0.371 e. The van der Waals surface area contributed by atoms with E-state index in [4.69, 9.17) is 17.3 Å². The molecule has 8 heteroatoms. The van der Waals surface area contributed by atoms with Crippen LogP contribution in [0.15, 0.2) is 48.5 Å². The Morgan fingerprint density at radius 1 is 1.00 bits per heavy atom. The van der Waals surface area contributed by atoms with Gasteiger partial charge in [-0.3, -0.25) is 14.4 Å². The van der Waals surface area contributed by atoms with Crippen molar-refractivity contribution in [1.82, 2.24) is 5.32 Å². The third kappa shape index (κ3) is 6.01. The molecule has 3 rings (SSSR count). The van der Waals surface area contributed by atoms with Crippen molar-refractivity contribution in [2.45, 2.75) is 32.7 Å². The molecule has 1 aliphatic heterocycles. The highest BCUT2D eigenvalue weighted by atomic mass is 35.5. The lowest BCUT2D eigenvalue weighted by molar-refractivity contribution is -0.122. The molecule has 1 saturated heterocycles. The van der Waals surface area contributed by atoms with Crippen LogP contribution in [-0.4, -0.2) is 36.9 Å². The summed E-state index contributed by atoms with van der Waals surface area (Å²) in [6, 6.07) is 13.4. The Balaban J connectivity index is 1.60. The summed E-state index contributed by atoms with van der Waals surface area (Å²) in [5, 5.41) is 6.24. The normalized spacial score (nSPS) is 15.3. The highest BCUT2D eigenvalue weighted by molar-refractivity contribution is 6.30. The number of nitrogens with zero attached hydrogens (tertiary/aromatic N) is 1. The van der Waals surface area contributed by atoms with Crippen LogP contribution in [0.2, 0.25) is 5.02 Å². The molecule has 0 radical (unpaired) electrons. The number of halogens is 1. The van der Waals surface area contributed by atoms with Gasteiger partial charge in [-0.25, -0.2) is 0 Å². The maximum absolute atomic E-state index is 12.9. The molecule has 1 heterocycles. The fraction of sp³-hybridized carbons (Fsp3) is 0.375. The Morgan fingerprint density at radius 3 is 2.12 bits per heavy atom. The first-order valence-corrected chi connectivity index (χ1v) is 11.1. The lowest BCUT2D eigenvalue weighted by Gasteiger charge is -2.32. The van der Waals surface area contributed by atoms with E-state index in [9.17, 15) is 14.4 Å². The molecule has 32 heavy (non-hydrogen) atoms. The number of benzene rings is 2. The van der Waals surface area contributed by atoms with Crippen LogP contribution in [0.1, 0.15) is 37.0 Å². The highest BCUT2D eigenvalue weighted by Gasteiger charge is 2.25. The number of rotatable bonds is 7. The number of anilines is 2. The SMILES string of the molecule is CC(C)[C@H](NC(=O)c1ccc(Cl)cc1)C(=O)Nc1ccc(N2CCC(C(N)=O)CC2)cc1. The third-order valence-corrected chi connectivity index (χ3v) is 5.99. The van der Waals surface area contributed by atoms with Crippen molar-refractivity contribution in [3.8, 4) is 0 Å². The van der Waals surface area contributed by atoms with Gasteiger partial charge < -0.3 is 21.3 Å². The van der Waals surface area contributed by atoms with Crippen LogP contribution < -0.4 is 21.3 Å². The van der Waals surface area contributed by atoms with Gasteiger partial charge in [0, 0.05) is 41.0 Å². The van der Waals surface area contributed by atoms with E-state index in [2.05, 4.69) is 15.5 Å². The number of nitrogens with one attached hydrogen (secondary N) is 2. The molecular formula is C24H29ClN4O3. The van der Waals surface area contributed by atoms with Gasteiger partial charge in [0.2, 0.25) is 11.8 Å². The molecule has 0 bridgehead atoms. The first-order chi connectivity index (χ1) is 15.2. The number of carbonyl (C=O) groups excluding carboxylic acids is 3. The molecule has 4 N–H and O–H groups in total. The summed E-state index contributed by atoms with van der Waals surface area (Å²) in [4.78, 5) is 38.9. The first kappa shape index (κ1) is 23.6. The molecule has 0 unspecified atom stereocenters. The fourth-order valence-corrected chi connectivity index (χ4v) is 3.88. The Labute approximate surface area is 193 Å². The second-order valence-electron chi connectivity index (χ2n) is 8.40. The molecule has 1 fully saturated rings. The Morgan fingerprint density at radius 2 is 1.59 bits per heavy atom. The lowest BCUT2D eigenvalue weighted by atomic mass is 9.96. The molecule has 2 aromatic carbocycles. The molecule has 0 spiro atoms. The number of carbonyl (C=O) groups is 3. The minimum Gasteiger partial charge on any atom is -0.371 e. The molecule has 7 nitrogen and oxygen atoms in total. The van der Waals surface area contributed by atoms with E-state index < -0.39 is 6.04 Å². The van der Waals surface area contributed by atoms with Gasteiger partial charge >= 0.3 is 0 Å². The van der Waals surface area contributed by atoms with Crippen LogP contribution in [0.25, 0.3) is 0 Å². The van der Waals surface area contributed by atoms with Gasteiger partial charge in [-0.2, -0.15) is 0 Å². The Kier molecular flexibility index (Phi) is 7.75. The summed E-state index contributed by atoms with van der Waals surface area (Å²) in [7, 11) is 0. The second kappa shape index (κ2) is 10.5. The minimum absolute atomic E-state index is 0.0548. The van der Waals surface area contributed by atoms with Gasteiger partial charge in [0.25, 0.3) is 5.91 Å². The molecule has 0 aliphatic carbocycles. The van der Waals surface area contributed by atoms with E-state index in [0.717, 1.165) is 31.6 Å². The average molecular weight is 457 g/mol. The minimum atomic E-state index is -0.689. The van der Waals surface area contributed by atoms with Crippen molar-refractivity contribution in [2.75, 3.05) is 23.3 Å². The Hall–Kier alpha value is -3.06. The van der Waals surface area contributed by atoms with Crippen molar-refractivity contribution in [3.05, 3.63) is 59.1 Å². The van der Waals surface area contributed by atoms with Crippen LogP contribution in [0.5, 0.6) is 0 Å². The number of hydrogen-bond donors (Lipinski definition) is 3. The van der Waals surface area contributed by atoms with Crippen molar-refractivity contribution < 1.29 is 14.4 Å². The summed E-state index contributed by atoms with van der Waals surface area (Å²) >= 11 is 5.88. The van der Waals surface area contributed by atoms with Gasteiger partial charge in [0.05, 0.1) is 0 Å². The number of nitrogens with two attached hydrogens (primary N) is 1. The predicted molar refractivity (Wildman–Crippen MR) is 127 cm³/mol. The highest BCUT2D eigenvalue weighted by Crippen LogP contribution is 2.24. The monoisotopic (exact) mass is 456 g/mol. The Bertz CT molecular complexity index is 952. The standard InChI is InChI=1S/C24H29ClN4O3/c1-15(2)21(28-23(31)17-3-5-18(25)6-4-17)24(32)27-19-7-9-20(10-8-19)29-13-11-16(12-14-29)22(26)30/h3-10,15-16,21H,11-14H2,1-2H3,(H2,26,30)(H,27,32)(H,28,31)/t21-/m0/s1. The molecule has 3 amide bonds. The summed E-state index contributed by atoms with van der Waals surface area (Å²) in [5.41, 5.74) is 7.53. The average Bonchev–Trinajstić information content (AvgIpc) is 2.78. The zero-order valence-corrected chi connectivity index (χ0v) is 19.1. The molecule has 0 saturated carbocycles. The zero-order chi connectivity index (χ0) is 23.3. The van der Waals surface area contributed by atoms with Crippen LogP contribution in [0.4, 0.5) is 11.4 Å². The second-order valence-corrected chi connectivity index (χ2v) is 8.84. The molecule has 1 aliphatic rings. The van der Waals surface area contributed by atoms with Crippen molar-refractivity contribution in [3.63, 3.8) is 0 Å². The smallest absolute Gasteiger partial charge is 0.251 e. The van der Waals surface area contributed by atoms with E-state index >= 15 is 0 Å².